The summed E-state index contributed by atoms with van der Waals surface area (Å²) in [6.45, 7) is 6.50. The molecule has 1 aliphatic heterocycles. The predicted octanol–water partition coefficient (Wildman–Crippen LogP) is 3.29. The second-order valence-corrected chi connectivity index (χ2v) is 5.51. The zero-order valence-electron chi connectivity index (χ0n) is 12.3. The number of halogens is 1. The first-order valence-corrected chi connectivity index (χ1v) is 7.39. The van der Waals surface area contributed by atoms with Gasteiger partial charge in [0, 0.05) is 19.6 Å². The number of hydrogen-bond acceptors (Lipinski definition) is 3. The van der Waals surface area contributed by atoms with Crippen molar-refractivity contribution in [3.63, 3.8) is 0 Å². The lowest BCUT2D eigenvalue weighted by atomic mass is 10.3. The molecule has 112 valence electrons. The number of alkyl halides is 1. The Kier molecular flexibility index (Phi) is 5.65. The maximum atomic E-state index is 12.1. The first-order chi connectivity index (χ1) is 9.67. The molecule has 1 fully saturated rings. The molecule has 20 heavy (non-hydrogen) atoms. The van der Waals surface area contributed by atoms with Crippen LogP contribution in [0.3, 0.4) is 0 Å². The SMILES string of the molecule is CC(C)Oc1ccc(O[C@@H]2CCN(CCCF)C2)cc1. The van der Waals surface area contributed by atoms with Crippen molar-refractivity contribution >= 4 is 0 Å². The molecule has 0 spiro atoms. The first-order valence-electron chi connectivity index (χ1n) is 7.39. The lowest BCUT2D eigenvalue weighted by Gasteiger charge is -2.16. The van der Waals surface area contributed by atoms with Crippen LogP contribution in [0.4, 0.5) is 4.39 Å². The molecule has 1 aromatic rings. The van der Waals surface area contributed by atoms with E-state index in [9.17, 15) is 4.39 Å². The molecule has 1 heterocycles. The molecule has 0 N–H and O–H groups in total. The Morgan fingerprint density at radius 3 is 2.60 bits per heavy atom. The van der Waals surface area contributed by atoms with Crippen molar-refractivity contribution in [1.29, 1.82) is 0 Å². The highest BCUT2D eigenvalue weighted by atomic mass is 19.1. The molecule has 3 nitrogen and oxygen atoms in total. The summed E-state index contributed by atoms with van der Waals surface area (Å²) in [5.41, 5.74) is 0. The van der Waals surface area contributed by atoms with Crippen LogP contribution in [-0.4, -0.2) is 43.4 Å². The third kappa shape index (κ3) is 4.67. The molecule has 1 atom stereocenters. The van der Waals surface area contributed by atoms with Gasteiger partial charge in [0.05, 0.1) is 12.8 Å². The Balaban J connectivity index is 1.79. The topological polar surface area (TPSA) is 21.7 Å². The third-order valence-electron chi connectivity index (χ3n) is 3.34. The maximum absolute atomic E-state index is 12.1. The van der Waals surface area contributed by atoms with Gasteiger partial charge in [-0.05, 0) is 51.0 Å². The van der Waals surface area contributed by atoms with E-state index in [4.69, 9.17) is 9.47 Å². The Bertz CT molecular complexity index is 394. The highest BCUT2D eigenvalue weighted by Crippen LogP contribution is 2.22. The number of rotatable bonds is 7. The number of nitrogens with zero attached hydrogens (tertiary/aromatic N) is 1. The number of hydrogen-bond donors (Lipinski definition) is 0. The van der Waals surface area contributed by atoms with Crippen LogP contribution in [-0.2, 0) is 0 Å². The maximum Gasteiger partial charge on any atom is 0.120 e. The summed E-state index contributed by atoms with van der Waals surface area (Å²) < 4.78 is 23.7. The van der Waals surface area contributed by atoms with Crippen LogP contribution < -0.4 is 9.47 Å². The normalized spacial score (nSPS) is 19.5. The molecule has 0 amide bonds. The summed E-state index contributed by atoms with van der Waals surface area (Å²) in [6.07, 6.45) is 2.02. The molecule has 0 aliphatic carbocycles. The molecule has 0 bridgehead atoms. The van der Waals surface area contributed by atoms with Crippen LogP contribution in [0.15, 0.2) is 24.3 Å². The Hall–Kier alpha value is -1.29. The number of likely N-dealkylation sites (tertiary alicyclic amines) is 1. The molecule has 1 aromatic carbocycles. The Labute approximate surface area is 120 Å². The second-order valence-electron chi connectivity index (χ2n) is 5.51. The molecule has 0 aromatic heterocycles. The minimum Gasteiger partial charge on any atom is -0.491 e. The number of ether oxygens (including phenoxy) is 2. The highest BCUT2D eigenvalue weighted by molar-refractivity contribution is 5.31. The van der Waals surface area contributed by atoms with Crippen LogP contribution in [0, 0.1) is 0 Å². The summed E-state index contributed by atoms with van der Waals surface area (Å²) in [5.74, 6) is 1.74. The van der Waals surface area contributed by atoms with E-state index >= 15 is 0 Å². The Morgan fingerprint density at radius 2 is 1.95 bits per heavy atom. The highest BCUT2D eigenvalue weighted by Gasteiger charge is 2.23. The summed E-state index contributed by atoms with van der Waals surface area (Å²) in [5, 5.41) is 0. The van der Waals surface area contributed by atoms with Crippen LogP contribution in [0.5, 0.6) is 11.5 Å². The third-order valence-corrected chi connectivity index (χ3v) is 3.34. The van der Waals surface area contributed by atoms with E-state index in [0.717, 1.165) is 37.6 Å². The van der Waals surface area contributed by atoms with E-state index in [0.29, 0.717) is 6.42 Å². The summed E-state index contributed by atoms with van der Waals surface area (Å²) >= 11 is 0. The second kappa shape index (κ2) is 7.48. The van der Waals surface area contributed by atoms with Gasteiger partial charge in [-0.25, -0.2) is 0 Å². The van der Waals surface area contributed by atoms with Gasteiger partial charge in [-0.3, -0.25) is 9.29 Å². The van der Waals surface area contributed by atoms with Crippen molar-refractivity contribution in [3.8, 4) is 11.5 Å². The molecular weight excluding hydrogens is 257 g/mol. The van der Waals surface area contributed by atoms with Crippen molar-refractivity contribution in [3.05, 3.63) is 24.3 Å². The summed E-state index contributed by atoms with van der Waals surface area (Å²) in [6, 6.07) is 7.76. The van der Waals surface area contributed by atoms with Gasteiger partial charge >= 0.3 is 0 Å². The smallest absolute Gasteiger partial charge is 0.120 e. The molecule has 4 heteroatoms. The van der Waals surface area contributed by atoms with Crippen LogP contribution in [0.25, 0.3) is 0 Å². The van der Waals surface area contributed by atoms with Gasteiger partial charge < -0.3 is 9.47 Å². The molecule has 1 saturated heterocycles. The minimum atomic E-state index is -0.237. The van der Waals surface area contributed by atoms with Gasteiger partial charge in [-0.1, -0.05) is 0 Å². The van der Waals surface area contributed by atoms with Crippen molar-refractivity contribution in [2.24, 2.45) is 0 Å². The largest absolute Gasteiger partial charge is 0.491 e. The van der Waals surface area contributed by atoms with Crippen LogP contribution in [0.2, 0.25) is 0 Å². The quantitative estimate of drug-likeness (QED) is 0.765. The van der Waals surface area contributed by atoms with Gasteiger partial charge in [0.2, 0.25) is 0 Å². The minimum absolute atomic E-state index is 0.181. The van der Waals surface area contributed by atoms with E-state index in [-0.39, 0.29) is 18.9 Å². The van der Waals surface area contributed by atoms with Crippen molar-refractivity contribution in [2.75, 3.05) is 26.3 Å². The fourth-order valence-electron chi connectivity index (χ4n) is 2.44. The standard InChI is InChI=1S/C16H24FNO2/c1-13(2)19-14-4-6-15(7-5-14)20-16-8-11-18(12-16)10-3-9-17/h4-7,13,16H,3,8-12H2,1-2H3/t16-/m1/s1. The molecular formula is C16H24FNO2. The zero-order valence-corrected chi connectivity index (χ0v) is 12.3. The summed E-state index contributed by atoms with van der Waals surface area (Å²) in [4.78, 5) is 2.26. The van der Waals surface area contributed by atoms with E-state index in [2.05, 4.69) is 4.90 Å². The van der Waals surface area contributed by atoms with E-state index in [1.807, 2.05) is 38.1 Å². The van der Waals surface area contributed by atoms with E-state index in [1.165, 1.54) is 0 Å². The first kappa shape index (κ1) is 15.1. The average Bonchev–Trinajstić information content (AvgIpc) is 2.86. The predicted molar refractivity (Wildman–Crippen MR) is 78.3 cm³/mol. The molecule has 0 radical (unpaired) electrons. The lowest BCUT2D eigenvalue weighted by molar-refractivity contribution is 0.197. The molecule has 0 saturated carbocycles. The molecule has 2 rings (SSSR count). The Morgan fingerprint density at radius 1 is 1.25 bits per heavy atom. The van der Waals surface area contributed by atoms with Crippen LogP contribution >= 0.6 is 0 Å². The van der Waals surface area contributed by atoms with Gasteiger partial charge in [-0.15, -0.1) is 0 Å². The monoisotopic (exact) mass is 281 g/mol. The van der Waals surface area contributed by atoms with Gasteiger partial charge in [-0.2, -0.15) is 0 Å². The summed E-state index contributed by atoms with van der Waals surface area (Å²) in [7, 11) is 0. The zero-order chi connectivity index (χ0) is 14.4. The van der Waals surface area contributed by atoms with Gasteiger partial charge in [0.1, 0.15) is 17.6 Å². The fraction of sp³-hybridized carbons (Fsp3) is 0.625. The van der Waals surface area contributed by atoms with E-state index in [1.54, 1.807) is 0 Å². The van der Waals surface area contributed by atoms with Crippen molar-refractivity contribution < 1.29 is 13.9 Å². The van der Waals surface area contributed by atoms with Gasteiger partial charge in [0.25, 0.3) is 0 Å². The fourth-order valence-corrected chi connectivity index (χ4v) is 2.44. The van der Waals surface area contributed by atoms with Gasteiger partial charge in [0.15, 0.2) is 0 Å². The molecule has 0 unspecified atom stereocenters. The molecule has 1 aliphatic rings. The number of benzene rings is 1. The van der Waals surface area contributed by atoms with Crippen LogP contribution in [0.1, 0.15) is 26.7 Å². The average molecular weight is 281 g/mol. The van der Waals surface area contributed by atoms with Crippen molar-refractivity contribution in [1.82, 2.24) is 4.90 Å². The van der Waals surface area contributed by atoms with Crippen molar-refractivity contribution in [2.45, 2.75) is 38.9 Å². The van der Waals surface area contributed by atoms with E-state index < -0.39 is 0 Å². The lowest BCUT2D eigenvalue weighted by Crippen LogP contribution is -2.26.